The topological polar surface area (TPSA) is 128 Å². The molecular formula is C4HN2O6P3. The second-order valence-corrected chi connectivity index (χ2v) is 5.00. The zero-order valence-electron chi connectivity index (χ0n) is 6.76. The fourth-order valence-corrected chi connectivity index (χ4v) is 2.40. The first-order chi connectivity index (χ1) is 6.93. The van der Waals surface area contributed by atoms with Gasteiger partial charge in [0.2, 0.25) is 0 Å². The number of hydrogen-bond donors (Lipinski definition) is 0. The van der Waals surface area contributed by atoms with Gasteiger partial charge in [0.25, 0.3) is 5.57 Å². The summed E-state index contributed by atoms with van der Waals surface area (Å²) in [4.78, 5) is 6.29. The standard InChI is InChI=1S/C4HN2O6P3/c7-13(8)2-1-5-4(15(11)12)6-3(2)14(9)10/h1H. The minimum Gasteiger partial charge on any atom is -0.232 e. The maximum absolute atomic E-state index is 10.6. The monoisotopic (exact) mass is 266 g/mol. The predicted octanol–water partition coefficient (Wildman–Crippen LogP) is -0.129. The van der Waals surface area contributed by atoms with Crippen molar-refractivity contribution in [1.29, 1.82) is 0 Å². The van der Waals surface area contributed by atoms with E-state index in [4.69, 9.17) is 0 Å². The molecule has 0 fully saturated rings. The van der Waals surface area contributed by atoms with E-state index in [2.05, 4.69) is 9.97 Å². The Morgan fingerprint density at radius 3 is 1.87 bits per heavy atom. The SMILES string of the molecule is O=P(=O)c1ncc(P(=O)=O)c(P(=O)=O)n1. The molecule has 1 aromatic rings. The van der Waals surface area contributed by atoms with Crippen LogP contribution in [-0.2, 0) is 27.4 Å². The van der Waals surface area contributed by atoms with Crippen LogP contribution in [0, 0.1) is 0 Å². The van der Waals surface area contributed by atoms with Crippen LogP contribution in [0.4, 0.5) is 0 Å². The highest BCUT2D eigenvalue weighted by Gasteiger charge is 2.17. The van der Waals surface area contributed by atoms with Crippen molar-refractivity contribution in [2.45, 2.75) is 0 Å². The van der Waals surface area contributed by atoms with Gasteiger partial charge in [-0.1, -0.05) is 0 Å². The predicted molar refractivity (Wildman–Crippen MR) is 45.8 cm³/mol. The second kappa shape index (κ2) is 4.53. The maximum Gasteiger partial charge on any atom is 0.387 e. The summed E-state index contributed by atoms with van der Waals surface area (Å²) in [7, 11) is -9.63. The first-order valence-electron chi connectivity index (χ1n) is 3.23. The highest BCUT2D eigenvalue weighted by molar-refractivity contribution is 7.48. The van der Waals surface area contributed by atoms with E-state index in [1.54, 1.807) is 0 Å². The van der Waals surface area contributed by atoms with Crippen LogP contribution >= 0.6 is 23.0 Å². The number of nitrogens with zero attached hydrogens (tertiary/aromatic N) is 2. The van der Waals surface area contributed by atoms with Gasteiger partial charge in [-0.3, -0.25) is 0 Å². The van der Waals surface area contributed by atoms with Crippen LogP contribution in [0.5, 0.6) is 0 Å². The number of hydrogen-bond acceptors (Lipinski definition) is 8. The molecule has 1 rings (SSSR count). The Balaban J connectivity index is 3.61. The van der Waals surface area contributed by atoms with Crippen LogP contribution in [0.2, 0.25) is 0 Å². The van der Waals surface area contributed by atoms with E-state index < -0.39 is 39.3 Å². The summed E-state index contributed by atoms with van der Waals surface area (Å²) in [5, 5.41) is -0.623. The van der Waals surface area contributed by atoms with Crippen molar-refractivity contribution in [3.63, 3.8) is 0 Å². The largest absolute Gasteiger partial charge is 0.387 e. The molecule has 0 bridgehead atoms. The lowest BCUT2D eigenvalue weighted by Crippen LogP contribution is -2.26. The Labute approximate surface area is 83.6 Å². The van der Waals surface area contributed by atoms with Crippen molar-refractivity contribution >= 4 is 39.3 Å². The molecule has 1 aromatic heterocycles. The molecule has 11 heteroatoms. The molecule has 0 saturated carbocycles. The van der Waals surface area contributed by atoms with Gasteiger partial charge in [0, 0.05) is 0 Å². The first kappa shape index (κ1) is 11.9. The van der Waals surface area contributed by atoms with Gasteiger partial charge in [-0.15, -0.1) is 0 Å². The minimum atomic E-state index is -3.29. The smallest absolute Gasteiger partial charge is 0.232 e. The molecule has 0 aromatic carbocycles. The lowest BCUT2D eigenvalue weighted by molar-refractivity contribution is 0.518. The summed E-state index contributed by atoms with van der Waals surface area (Å²) < 4.78 is 63.1. The van der Waals surface area contributed by atoms with E-state index in [1.807, 2.05) is 0 Å². The molecule has 0 spiro atoms. The maximum atomic E-state index is 10.6. The number of rotatable bonds is 3. The average Bonchev–Trinajstić information content (AvgIpc) is 2.16. The molecule has 0 atom stereocenters. The van der Waals surface area contributed by atoms with Gasteiger partial charge >= 0.3 is 23.0 Å². The molecular weight excluding hydrogens is 265 g/mol. The third-order valence-electron chi connectivity index (χ3n) is 1.27. The third kappa shape index (κ3) is 2.63. The van der Waals surface area contributed by atoms with Crippen molar-refractivity contribution in [2.75, 3.05) is 0 Å². The highest BCUT2D eigenvalue weighted by atomic mass is 31.1. The zero-order valence-corrected chi connectivity index (χ0v) is 9.45. The molecule has 0 unspecified atom stereocenters. The van der Waals surface area contributed by atoms with Gasteiger partial charge in [0.05, 0.1) is 6.20 Å². The van der Waals surface area contributed by atoms with Crippen LogP contribution in [0.1, 0.15) is 0 Å². The van der Waals surface area contributed by atoms with E-state index in [9.17, 15) is 27.4 Å². The lowest BCUT2D eigenvalue weighted by Gasteiger charge is -1.91. The lowest BCUT2D eigenvalue weighted by atomic mass is 10.7. The summed E-state index contributed by atoms with van der Waals surface area (Å²) in [6.45, 7) is 0. The average molecular weight is 266 g/mol. The van der Waals surface area contributed by atoms with Gasteiger partial charge < -0.3 is 0 Å². The molecule has 0 N–H and O–H groups in total. The van der Waals surface area contributed by atoms with Crippen molar-refractivity contribution in [3.05, 3.63) is 6.20 Å². The molecule has 15 heavy (non-hydrogen) atoms. The van der Waals surface area contributed by atoms with Crippen LogP contribution in [0.3, 0.4) is 0 Å². The van der Waals surface area contributed by atoms with Gasteiger partial charge in [0.1, 0.15) is 5.30 Å². The molecule has 0 aliphatic rings. The highest BCUT2D eigenvalue weighted by Crippen LogP contribution is 2.08. The van der Waals surface area contributed by atoms with E-state index >= 15 is 0 Å². The minimum absolute atomic E-state index is 0.623. The van der Waals surface area contributed by atoms with E-state index in [0.717, 1.165) is 0 Å². The summed E-state index contributed by atoms with van der Waals surface area (Å²) in [5.41, 5.74) is -1.55. The van der Waals surface area contributed by atoms with Crippen LogP contribution in [-0.4, -0.2) is 9.97 Å². The molecule has 0 radical (unpaired) electrons. The Kier molecular flexibility index (Phi) is 3.58. The second-order valence-electron chi connectivity index (χ2n) is 2.15. The van der Waals surface area contributed by atoms with Crippen molar-refractivity contribution < 1.29 is 27.4 Å². The van der Waals surface area contributed by atoms with E-state index in [-0.39, 0.29) is 0 Å². The van der Waals surface area contributed by atoms with Gasteiger partial charge in [-0.25, -0.2) is 37.4 Å². The third-order valence-corrected chi connectivity index (χ3v) is 3.40. The molecule has 0 aliphatic heterocycles. The van der Waals surface area contributed by atoms with Gasteiger partial charge in [-0.2, -0.15) is 0 Å². The summed E-state index contributed by atoms with van der Waals surface area (Å²) in [6.07, 6.45) is 0.639. The summed E-state index contributed by atoms with van der Waals surface area (Å²) in [5.74, 6) is 0. The Morgan fingerprint density at radius 2 is 1.47 bits per heavy atom. The zero-order chi connectivity index (χ0) is 11.6. The van der Waals surface area contributed by atoms with Crippen molar-refractivity contribution in [3.8, 4) is 0 Å². The molecule has 1 heterocycles. The fourth-order valence-electron chi connectivity index (χ4n) is 0.709. The number of aromatic nitrogens is 2. The first-order valence-corrected chi connectivity index (χ1v) is 6.77. The van der Waals surface area contributed by atoms with Crippen molar-refractivity contribution in [2.24, 2.45) is 0 Å². The molecule has 0 aliphatic carbocycles. The Hall–Kier alpha value is -1.22. The van der Waals surface area contributed by atoms with Gasteiger partial charge in [-0.05, 0) is 0 Å². The van der Waals surface area contributed by atoms with E-state index in [0.29, 0.717) is 6.20 Å². The van der Waals surface area contributed by atoms with Crippen LogP contribution < -0.4 is 16.3 Å². The molecule has 78 valence electrons. The molecule has 0 amide bonds. The van der Waals surface area contributed by atoms with Gasteiger partial charge in [0.15, 0.2) is 5.44 Å². The molecule has 0 saturated heterocycles. The van der Waals surface area contributed by atoms with Crippen LogP contribution in [0.15, 0.2) is 6.20 Å². The Bertz CT molecular complexity index is 589. The van der Waals surface area contributed by atoms with Crippen LogP contribution in [0.25, 0.3) is 0 Å². The summed E-state index contributed by atoms with van der Waals surface area (Å²) >= 11 is 0. The quantitative estimate of drug-likeness (QED) is 0.691. The fraction of sp³-hybridized carbons (Fsp3) is 0. The Morgan fingerprint density at radius 1 is 0.867 bits per heavy atom. The molecule has 8 nitrogen and oxygen atoms in total. The summed E-state index contributed by atoms with van der Waals surface area (Å²) in [6, 6.07) is 0. The van der Waals surface area contributed by atoms with E-state index in [1.165, 1.54) is 0 Å². The van der Waals surface area contributed by atoms with Crippen molar-refractivity contribution in [1.82, 2.24) is 9.97 Å². The normalized spacial score (nSPS) is 9.60.